The number of rotatable bonds is 4. The van der Waals surface area contributed by atoms with E-state index in [9.17, 15) is 18.0 Å². The van der Waals surface area contributed by atoms with Crippen molar-refractivity contribution in [3.05, 3.63) is 35.2 Å². The van der Waals surface area contributed by atoms with E-state index < -0.39 is 24.8 Å². The zero-order chi connectivity index (χ0) is 14.8. The maximum absolute atomic E-state index is 12.1. The molecule has 0 amide bonds. The third kappa shape index (κ3) is 3.63. The van der Waals surface area contributed by atoms with E-state index in [0.717, 1.165) is 21.8 Å². The Morgan fingerprint density at radius 2 is 2.15 bits per heavy atom. The highest BCUT2D eigenvalue weighted by Crippen LogP contribution is 2.31. The number of nitrogens with zero attached hydrogens (tertiary/aromatic N) is 2. The van der Waals surface area contributed by atoms with Gasteiger partial charge in [0.25, 0.3) is 0 Å². The molecule has 0 aliphatic heterocycles. The van der Waals surface area contributed by atoms with Crippen molar-refractivity contribution in [3.63, 3.8) is 0 Å². The molecular formula is C13H11F3N2OS. The highest BCUT2D eigenvalue weighted by Gasteiger charge is 2.29. The van der Waals surface area contributed by atoms with Gasteiger partial charge in [-0.15, -0.1) is 11.3 Å². The van der Waals surface area contributed by atoms with Crippen LogP contribution in [0.2, 0.25) is 0 Å². The molecule has 20 heavy (non-hydrogen) atoms. The summed E-state index contributed by atoms with van der Waals surface area (Å²) in [5.41, 5.74) is 1.43. The van der Waals surface area contributed by atoms with Crippen LogP contribution in [-0.2, 0) is 0 Å². The number of aromatic nitrogens is 2. The van der Waals surface area contributed by atoms with E-state index >= 15 is 0 Å². The number of hydrogen-bond donors (Lipinski definition) is 0. The Morgan fingerprint density at radius 1 is 1.40 bits per heavy atom. The average Bonchev–Trinajstić information content (AvgIpc) is 2.78. The topological polar surface area (TPSA) is 42.9 Å². The van der Waals surface area contributed by atoms with Crippen molar-refractivity contribution in [1.29, 1.82) is 0 Å². The van der Waals surface area contributed by atoms with Gasteiger partial charge in [0, 0.05) is 24.4 Å². The van der Waals surface area contributed by atoms with Crippen LogP contribution >= 0.6 is 11.3 Å². The van der Waals surface area contributed by atoms with Crippen molar-refractivity contribution in [3.8, 4) is 10.4 Å². The summed E-state index contributed by atoms with van der Waals surface area (Å²) in [7, 11) is 0. The van der Waals surface area contributed by atoms with Gasteiger partial charge in [-0.1, -0.05) is 6.07 Å². The van der Waals surface area contributed by atoms with E-state index in [-0.39, 0.29) is 5.01 Å². The van der Waals surface area contributed by atoms with E-state index in [0.29, 0.717) is 5.69 Å². The molecule has 2 aromatic heterocycles. The highest BCUT2D eigenvalue weighted by atomic mass is 32.1. The van der Waals surface area contributed by atoms with Gasteiger partial charge < -0.3 is 0 Å². The number of halogens is 3. The zero-order valence-corrected chi connectivity index (χ0v) is 11.4. The second-order valence-corrected chi connectivity index (χ2v) is 5.21. The van der Waals surface area contributed by atoms with E-state index in [1.807, 2.05) is 6.07 Å². The maximum Gasteiger partial charge on any atom is 0.389 e. The standard InChI is InChI=1S/C13H11F3N2OS/c1-8-11(9-3-2-6-17-7-9)20-12(18-8)10(19)4-5-13(14,15)16/h2-3,6-7H,4-5H2,1H3. The molecule has 2 rings (SSSR count). The lowest BCUT2D eigenvalue weighted by atomic mass is 10.2. The summed E-state index contributed by atoms with van der Waals surface area (Å²) in [5, 5.41) is 0.116. The van der Waals surface area contributed by atoms with Gasteiger partial charge in [0.2, 0.25) is 0 Å². The molecule has 3 nitrogen and oxygen atoms in total. The Bertz CT molecular complexity index is 608. The summed E-state index contributed by atoms with van der Waals surface area (Å²) >= 11 is 1.10. The molecule has 2 aromatic rings. The SMILES string of the molecule is Cc1nc(C(=O)CCC(F)(F)F)sc1-c1cccnc1. The van der Waals surface area contributed by atoms with E-state index in [4.69, 9.17) is 0 Å². The first kappa shape index (κ1) is 14.6. The maximum atomic E-state index is 12.1. The predicted octanol–water partition coefficient (Wildman–Crippen LogP) is 4.04. The van der Waals surface area contributed by atoms with Crippen molar-refractivity contribution >= 4 is 17.1 Å². The molecule has 0 aliphatic rings. The lowest BCUT2D eigenvalue weighted by molar-refractivity contribution is -0.133. The third-order valence-electron chi connectivity index (χ3n) is 2.59. The number of alkyl halides is 3. The Morgan fingerprint density at radius 3 is 2.75 bits per heavy atom. The molecule has 0 saturated carbocycles. The molecular weight excluding hydrogens is 289 g/mol. The lowest BCUT2D eigenvalue weighted by Gasteiger charge is -2.03. The molecule has 0 bridgehead atoms. The second-order valence-electron chi connectivity index (χ2n) is 4.21. The summed E-state index contributed by atoms with van der Waals surface area (Å²) < 4.78 is 36.3. The van der Waals surface area contributed by atoms with Crippen molar-refractivity contribution < 1.29 is 18.0 Å². The smallest absolute Gasteiger partial charge is 0.292 e. The van der Waals surface area contributed by atoms with Crippen molar-refractivity contribution in [2.24, 2.45) is 0 Å². The van der Waals surface area contributed by atoms with Crippen LogP contribution in [0.15, 0.2) is 24.5 Å². The first-order chi connectivity index (χ1) is 9.37. The van der Waals surface area contributed by atoms with Crippen LogP contribution in [0.1, 0.15) is 28.3 Å². The molecule has 0 saturated heterocycles. The lowest BCUT2D eigenvalue weighted by Crippen LogP contribution is -2.10. The fourth-order valence-corrected chi connectivity index (χ4v) is 2.67. The molecule has 0 aromatic carbocycles. The molecule has 0 aliphatic carbocycles. The van der Waals surface area contributed by atoms with Gasteiger partial charge in [0.05, 0.1) is 17.0 Å². The third-order valence-corrected chi connectivity index (χ3v) is 3.84. The van der Waals surface area contributed by atoms with Crippen LogP contribution in [0, 0.1) is 6.92 Å². The predicted molar refractivity (Wildman–Crippen MR) is 69.7 cm³/mol. The van der Waals surface area contributed by atoms with Crippen LogP contribution in [0.25, 0.3) is 10.4 Å². The molecule has 0 unspecified atom stereocenters. The van der Waals surface area contributed by atoms with Crippen molar-refractivity contribution in [2.45, 2.75) is 25.9 Å². The number of aryl methyl sites for hydroxylation is 1. The van der Waals surface area contributed by atoms with Gasteiger partial charge in [-0.3, -0.25) is 9.78 Å². The minimum atomic E-state index is -4.33. The molecule has 0 radical (unpaired) electrons. The summed E-state index contributed by atoms with van der Waals surface area (Å²) in [4.78, 5) is 20.5. The number of carbonyl (C=O) groups is 1. The Hall–Kier alpha value is -1.76. The van der Waals surface area contributed by atoms with Crippen LogP contribution in [0.3, 0.4) is 0 Å². The van der Waals surface area contributed by atoms with Gasteiger partial charge in [-0.25, -0.2) is 4.98 Å². The number of pyridine rings is 1. The van der Waals surface area contributed by atoms with E-state index in [2.05, 4.69) is 9.97 Å². The largest absolute Gasteiger partial charge is 0.389 e. The molecule has 0 spiro atoms. The first-order valence-corrected chi connectivity index (χ1v) is 6.66. The fourth-order valence-electron chi connectivity index (χ4n) is 1.64. The van der Waals surface area contributed by atoms with Gasteiger partial charge in [0.15, 0.2) is 10.8 Å². The van der Waals surface area contributed by atoms with Crippen LogP contribution in [-0.4, -0.2) is 21.9 Å². The fraction of sp³-hybridized carbons (Fsp3) is 0.308. The molecule has 2 heterocycles. The molecule has 0 fully saturated rings. The van der Waals surface area contributed by atoms with Gasteiger partial charge in [-0.2, -0.15) is 13.2 Å². The van der Waals surface area contributed by atoms with E-state index in [1.165, 1.54) is 0 Å². The number of thiazole rings is 1. The Balaban J connectivity index is 2.17. The quantitative estimate of drug-likeness (QED) is 0.800. The van der Waals surface area contributed by atoms with E-state index in [1.54, 1.807) is 25.4 Å². The summed E-state index contributed by atoms with van der Waals surface area (Å²) in [6, 6.07) is 3.57. The number of ketones is 1. The second kappa shape index (κ2) is 5.70. The minimum absolute atomic E-state index is 0.116. The number of Topliss-reactive ketones (excluding diaryl/α,β-unsaturated/α-hetero) is 1. The number of hydrogen-bond acceptors (Lipinski definition) is 4. The average molecular weight is 300 g/mol. The Labute approximate surface area is 117 Å². The Kier molecular flexibility index (Phi) is 4.17. The van der Waals surface area contributed by atoms with Gasteiger partial charge in [-0.05, 0) is 13.0 Å². The normalized spacial score (nSPS) is 11.6. The van der Waals surface area contributed by atoms with Crippen LogP contribution in [0.4, 0.5) is 13.2 Å². The van der Waals surface area contributed by atoms with Crippen LogP contribution in [0.5, 0.6) is 0 Å². The molecule has 0 atom stereocenters. The highest BCUT2D eigenvalue weighted by molar-refractivity contribution is 7.17. The minimum Gasteiger partial charge on any atom is -0.292 e. The van der Waals surface area contributed by atoms with Crippen LogP contribution < -0.4 is 0 Å². The van der Waals surface area contributed by atoms with Crippen molar-refractivity contribution in [1.82, 2.24) is 9.97 Å². The summed E-state index contributed by atoms with van der Waals surface area (Å²) in [5.74, 6) is -0.578. The first-order valence-electron chi connectivity index (χ1n) is 5.84. The van der Waals surface area contributed by atoms with Gasteiger partial charge in [0.1, 0.15) is 0 Å². The molecule has 7 heteroatoms. The summed E-state index contributed by atoms with van der Waals surface area (Å²) in [6.45, 7) is 1.72. The summed E-state index contributed by atoms with van der Waals surface area (Å²) in [6.07, 6.45) is -2.76. The monoisotopic (exact) mass is 300 g/mol. The molecule has 106 valence electrons. The molecule has 0 N–H and O–H groups in total. The zero-order valence-electron chi connectivity index (χ0n) is 10.6. The van der Waals surface area contributed by atoms with Crippen molar-refractivity contribution in [2.75, 3.05) is 0 Å². The number of carbonyl (C=O) groups excluding carboxylic acids is 1. The van der Waals surface area contributed by atoms with Gasteiger partial charge >= 0.3 is 6.18 Å².